The summed E-state index contributed by atoms with van der Waals surface area (Å²) in [5.74, 6) is -0.0625. The molecule has 0 spiro atoms. The number of pyridine rings is 1. The van der Waals surface area contributed by atoms with E-state index in [0.717, 1.165) is 11.3 Å². The number of aryl methyl sites for hydroxylation is 5. The minimum Gasteiger partial charge on any atom is -0.512 e. The molecular weight excluding hydrogens is 538 g/mol. The van der Waals surface area contributed by atoms with Gasteiger partial charge in [-0.15, -0.1) is 34.4 Å². The van der Waals surface area contributed by atoms with Crippen molar-refractivity contribution in [1.82, 2.24) is 4.98 Å². The van der Waals surface area contributed by atoms with Crippen LogP contribution in [-0.4, -0.2) is 15.9 Å². The van der Waals surface area contributed by atoms with Crippen LogP contribution in [0.3, 0.4) is 0 Å². The summed E-state index contributed by atoms with van der Waals surface area (Å²) in [6.45, 7) is 13.5. The molecule has 0 aliphatic heterocycles. The minimum atomic E-state index is -0.125. The molecule has 0 saturated carbocycles. The fourth-order valence-corrected chi connectivity index (χ4v) is 3.13. The van der Waals surface area contributed by atoms with Crippen molar-refractivity contribution in [2.24, 2.45) is 0 Å². The van der Waals surface area contributed by atoms with Crippen molar-refractivity contribution in [1.29, 1.82) is 0 Å². The Bertz CT molecular complexity index is 1060. The Labute approximate surface area is 187 Å². The summed E-state index contributed by atoms with van der Waals surface area (Å²) in [7, 11) is 0. The average Bonchev–Trinajstić information content (AvgIpc) is 2.58. The monoisotopic (exact) mass is 567 g/mol. The van der Waals surface area contributed by atoms with E-state index in [1.165, 1.54) is 58.5 Å². The zero-order valence-electron chi connectivity index (χ0n) is 18.1. The zero-order valence-corrected chi connectivity index (χ0v) is 20.5. The SMILES string of the molecule is CC(=O)/C=C(/C)O.Cc1ccc2c(C)cnc(-c3[c-]c(C)c(C)cc3C)c2c1.[Ir]. The van der Waals surface area contributed by atoms with Crippen LogP contribution in [0.25, 0.3) is 22.0 Å². The van der Waals surface area contributed by atoms with Gasteiger partial charge in [-0.3, -0.25) is 4.79 Å². The third-order valence-corrected chi connectivity index (χ3v) is 4.62. The molecular formula is C25H28IrNO2-. The van der Waals surface area contributed by atoms with Crippen molar-refractivity contribution in [2.45, 2.75) is 48.5 Å². The van der Waals surface area contributed by atoms with Crippen molar-refractivity contribution < 1.29 is 30.0 Å². The number of nitrogens with zero attached hydrogens (tertiary/aromatic N) is 1. The Morgan fingerprint density at radius 3 is 2.17 bits per heavy atom. The summed E-state index contributed by atoms with van der Waals surface area (Å²) in [5, 5.41) is 10.9. The van der Waals surface area contributed by atoms with E-state index in [0.29, 0.717) is 0 Å². The molecule has 0 bridgehead atoms. The third-order valence-electron chi connectivity index (χ3n) is 4.62. The molecule has 0 amide bonds. The Hall–Kier alpha value is -2.29. The molecule has 0 aliphatic rings. The summed E-state index contributed by atoms with van der Waals surface area (Å²) >= 11 is 0. The van der Waals surface area contributed by atoms with Gasteiger partial charge in [0.2, 0.25) is 0 Å². The molecule has 1 aromatic heterocycles. The first-order chi connectivity index (χ1) is 13.1. The number of allylic oxidation sites excluding steroid dienone is 2. The van der Waals surface area contributed by atoms with Gasteiger partial charge in [-0.1, -0.05) is 44.5 Å². The van der Waals surface area contributed by atoms with Crippen LogP contribution in [0.4, 0.5) is 0 Å². The van der Waals surface area contributed by atoms with E-state index in [1.54, 1.807) is 0 Å². The molecule has 3 aromatic rings. The number of hydrogen-bond donors (Lipinski definition) is 1. The van der Waals surface area contributed by atoms with Crippen LogP contribution in [0.2, 0.25) is 0 Å². The standard InChI is InChI=1S/C20H20N.C5H8O2.Ir/c1-12-6-7-17-16(5)11-21-20(19(17)8-12)18-10-14(3)13(2)9-15(18)4;1-4(6)3-5(2)7;/h6-9,11H,1-5H3;3,6H,1-2H3;/q-1;;/b;4-3-;. The van der Waals surface area contributed by atoms with Crippen LogP contribution in [0, 0.1) is 40.7 Å². The van der Waals surface area contributed by atoms with Crippen molar-refractivity contribution in [2.75, 3.05) is 0 Å². The summed E-state index contributed by atoms with van der Waals surface area (Å²) in [5.41, 5.74) is 8.35. The van der Waals surface area contributed by atoms with Gasteiger partial charge in [-0.25, -0.2) is 0 Å². The normalized spacial score (nSPS) is 10.8. The second kappa shape index (κ2) is 10.5. The molecule has 3 rings (SSSR count). The van der Waals surface area contributed by atoms with Crippen LogP contribution in [0.1, 0.15) is 41.7 Å². The van der Waals surface area contributed by atoms with Gasteiger partial charge in [-0.2, -0.15) is 0 Å². The number of ketones is 1. The van der Waals surface area contributed by atoms with Gasteiger partial charge in [0.25, 0.3) is 0 Å². The molecule has 29 heavy (non-hydrogen) atoms. The number of carbonyl (C=O) groups excluding carboxylic acids is 1. The fourth-order valence-electron chi connectivity index (χ4n) is 3.13. The van der Waals surface area contributed by atoms with Crippen molar-refractivity contribution in [3.05, 3.63) is 76.2 Å². The molecule has 155 valence electrons. The maximum Gasteiger partial charge on any atom is 0.155 e. The first-order valence-electron chi connectivity index (χ1n) is 9.34. The molecule has 1 radical (unpaired) electrons. The predicted molar refractivity (Wildman–Crippen MR) is 117 cm³/mol. The van der Waals surface area contributed by atoms with Crippen LogP contribution in [-0.2, 0) is 24.9 Å². The van der Waals surface area contributed by atoms with Crippen LogP contribution >= 0.6 is 0 Å². The number of rotatable bonds is 2. The number of hydrogen-bond acceptors (Lipinski definition) is 3. The Morgan fingerprint density at radius 1 is 0.966 bits per heavy atom. The number of aliphatic hydroxyl groups is 1. The van der Waals surface area contributed by atoms with E-state index < -0.39 is 0 Å². The molecule has 1 heterocycles. The smallest absolute Gasteiger partial charge is 0.155 e. The quantitative estimate of drug-likeness (QED) is 0.226. The van der Waals surface area contributed by atoms with Gasteiger partial charge in [0.15, 0.2) is 5.78 Å². The van der Waals surface area contributed by atoms with Crippen molar-refractivity contribution >= 4 is 16.6 Å². The van der Waals surface area contributed by atoms with E-state index in [2.05, 4.69) is 65.0 Å². The first kappa shape index (κ1) is 24.7. The minimum absolute atomic E-state index is 0. The van der Waals surface area contributed by atoms with Gasteiger partial charge in [0.1, 0.15) is 0 Å². The number of benzene rings is 2. The summed E-state index contributed by atoms with van der Waals surface area (Å²) in [6.07, 6.45) is 3.13. The van der Waals surface area contributed by atoms with Gasteiger partial charge in [0, 0.05) is 32.4 Å². The van der Waals surface area contributed by atoms with Gasteiger partial charge in [0.05, 0.1) is 5.76 Å². The largest absolute Gasteiger partial charge is 0.512 e. The molecule has 4 heteroatoms. The fraction of sp³-hybridized carbons (Fsp3) is 0.280. The second-order valence-corrected chi connectivity index (χ2v) is 7.37. The molecule has 2 aromatic carbocycles. The number of aliphatic hydroxyl groups excluding tert-OH is 1. The summed E-state index contributed by atoms with van der Waals surface area (Å²) in [4.78, 5) is 14.7. The number of carbonyl (C=O) groups is 1. The summed E-state index contributed by atoms with van der Waals surface area (Å²) < 4.78 is 0. The van der Waals surface area contributed by atoms with E-state index in [-0.39, 0.29) is 31.6 Å². The van der Waals surface area contributed by atoms with Crippen LogP contribution in [0.5, 0.6) is 0 Å². The maximum absolute atomic E-state index is 10.0. The molecule has 0 saturated heterocycles. The van der Waals surface area contributed by atoms with Crippen molar-refractivity contribution in [3.63, 3.8) is 0 Å². The Morgan fingerprint density at radius 2 is 1.62 bits per heavy atom. The maximum atomic E-state index is 10.0. The van der Waals surface area contributed by atoms with Crippen LogP contribution < -0.4 is 0 Å². The van der Waals surface area contributed by atoms with Gasteiger partial charge >= 0.3 is 0 Å². The topological polar surface area (TPSA) is 50.2 Å². The second-order valence-electron chi connectivity index (χ2n) is 7.37. The van der Waals surface area contributed by atoms with Crippen LogP contribution in [0.15, 0.2) is 42.3 Å². The molecule has 1 N–H and O–H groups in total. The van der Waals surface area contributed by atoms with E-state index in [1.807, 2.05) is 6.20 Å². The molecule has 0 atom stereocenters. The first-order valence-corrected chi connectivity index (χ1v) is 9.34. The number of fused-ring (bicyclic) bond motifs is 1. The van der Waals surface area contributed by atoms with Gasteiger partial charge < -0.3 is 10.1 Å². The van der Waals surface area contributed by atoms with Crippen molar-refractivity contribution in [3.8, 4) is 11.3 Å². The summed E-state index contributed by atoms with van der Waals surface area (Å²) in [6, 6.07) is 12.3. The number of aromatic nitrogens is 1. The zero-order chi connectivity index (χ0) is 21.0. The van der Waals surface area contributed by atoms with Gasteiger partial charge in [-0.05, 0) is 49.7 Å². The molecule has 3 nitrogen and oxygen atoms in total. The average molecular weight is 567 g/mol. The van der Waals surface area contributed by atoms with E-state index >= 15 is 0 Å². The Balaban J connectivity index is 0.000000456. The van der Waals surface area contributed by atoms with E-state index in [4.69, 9.17) is 10.1 Å². The molecule has 0 aliphatic carbocycles. The van der Waals surface area contributed by atoms with E-state index in [9.17, 15) is 4.79 Å². The predicted octanol–water partition coefficient (Wildman–Crippen LogP) is 6.28. The molecule has 0 unspecified atom stereocenters. The molecule has 0 fully saturated rings. The Kier molecular flexibility index (Phi) is 8.94. The third kappa shape index (κ3) is 6.35.